The lowest BCUT2D eigenvalue weighted by Gasteiger charge is -2.26. The number of allylic oxidation sites excluding steroid dienone is 1. The molecule has 3 heteroatoms. The standard InChI is InChI=1S/C27H30N2O/c1-22(23-8-4-2-5-9-23)27(24-10-6-3-7-11-24)25-12-14-26(15-13-25)30-21-20-29-18-16-28-17-19-29/h2-15,28H,16-21H2,1H3/b27-22-. The van der Waals surface area contributed by atoms with Crippen molar-refractivity contribution in [1.29, 1.82) is 0 Å². The van der Waals surface area contributed by atoms with E-state index in [1.54, 1.807) is 0 Å². The van der Waals surface area contributed by atoms with Crippen LogP contribution in [-0.4, -0.2) is 44.2 Å². The molecule has 154 valence electrons. The highest BCUT2D eigenvalue weighted by Gasteiger charge is 2.12. The first-order chi connectivity index (χ1) is 14.8. The molecule has 0 aromatic heterocycles. The van der Waals surface area contributed by atoms with E-state index in [4.69, 9.17) is 4.74 Å². The van der Waals surface area contributed by atoms with Crippen molar-refractivity contribution in [1.82, 2.24) is 10.2 Å². The second-order valence-corrected chi connectivity index (χ2v) is 7.70. The highest BCUT2D eigenvalue weighted by atomic mass is 16.5. The van der Waals surface area contributed by atoms with E-state index < -0.39 is 0 Å². The van der Waals surface area contributed by atoms with Crippen LogP contribution < -0.4 is 10.1 Å². The minimum Gasteiger partial charge on any atom is -0.492 e. The molecule has 0 spiro atoms. The van der Waals surface area contributed by atoms with E-state index in [0.717, 1.165) is 45.1 Å². The fourth-order valence-corrected chi connectivity index (χ4v) is 3.98. The van der Waals surface area contributed by atoms with Gasteiger partial charge in [-0.2, -0.15) is 0 Å². The van der Waals surface area contributed by atoms with E-state index in [1.807, 2.05) is 0 Å². The Kier molecular flexibility index (Phi) is 6.96. The Bertz CT molecular complexity index is 943. The quantitative estimate of drug-likeness (QED) is 0.570. The number of rotatable bonds is 7. The van der Waals surface area contributed by atoms with Crippen LogP contribution in [0.2, 0.25) is 0 Å². The maximum absolute atomic E-state index is 6.02. The van der Waals surface area contributed by atoms with Gasteiger partial charge in [0.1, 0.15) is 12.4 Å². The van der Waals surface area contributed by atoms with Crippen molar-refractivity contribution >= 4 is 11.1 Å². The average molecular weight is 399 g/mol. The molecular formula is C27H30N2O. The molecule has 0 radical (unpaired) electrons. The second kappa shape index (κ2) is 10.2. The molecule has 3 aromatic carbocycles. The van der Waals surface area contributed by atoms with E-state index >= 15 is 0 Å². The summed E-state index contributed by atoms with van der Waals surface area (Å²) in [6, 6.07) is 29.7. The molecule has 0 bridgehead atoms. The van der Waals surface area contributed by atoms with E-state index in [9.17, 15) is 0 Å². The van der Waals surface area contributed by atoms with Crippen LogP contribution in [0, 0.1) is 0 Å². The van der Waals surface area contributed by atoms with Crippen LogP contribution in [0.1, 0.15) is 23.6 Å². The molecule has 30 heavy (non-hydrogen) atoms. The van der Waals surface area contributed by atoms with Gasteiger partial charge in [-0.25, -0.2) is 0 Å². The van der Waals surface area contributed by atoms with Crippen LogP contribution in [0.15, 0.2) is 84.9 Å². The Morgan fingerprint density at radius 2 is 1.33 bits per heavy atom. The summed E-state index contributed by atoms with van der Waals surface area (Å²) in [5.41, 5.74) is 6.21. The third kappa shape index (κ3) is 5.18. The molecule has 0 saturated carbocycles. The third-order valence-electron chi connectivity index (χ3n) is 5.67. The molecule has 0 amide bonds. The minimum absolute atomic E-state index is 0.726. The molecule has 0 aliphatic carbocycles. The third-order valence-corrected chi connectivity index (χ3v) is 5.67. The molecule has 1 N–H and O–H groups in total. The first-order valence-corrected chi connectivity index (χ1v) is 10.8. The Morgan fingerprint density at radius 1 is 0.767 bits per heavy atom. The molecule has 3 nitrogen and oxygen atoms in total. The van der Waals surface area contributed by atoms with Crippen molar-refractivity contribution in [3.05, 3.63) is 102 Å². The summed E-state index contributed by atoms with van der Waals surface area (Å²) in [7, 11) is 0. The van der Waals surface area contributed by atoms with Crippen LogP contribution in [0.25, 0.3) is 11.1 Å². The largest absolute Gasteiger partial charge is 0.492 e. The van der Waals surface area contributed by atoms with E-state index in [2.05, 4.69) is 102 Å². The number of nitrogens with zero attached hydrogens (tertiary/aromatic N) is 1. The molecule has 1 aliphatic rings. The molecule has 4 rings (SSSR count). The van der Waals surface area contributed by atoms with Crippen molar-refractivity contribution in [2.24, 2.45) is 0 Å². The number of hydrogen-bond acceptors (Lipinski definition) is 3. The molecule has 0 unspecified atom stereocenters. The van der Waals surface area contributed by atoms with E-state index in [0.29, 0.717) is 0 Å². The first-order valence-electron chi connectivity index (χ1n) is 10.8. The second-order valence-electron chi connectivity index (χ2n) is 7.70. The number of ether oxygens (including phenoxy) is 1. The van der Waals surface area contributed by atoms with E-state index in [-0.39, 0.29) is 0 Å². The zero-order valence-corrected chi connectivity index (χ0v) is 17.7. The Hall–Kier alpha value is -2.88. The van der Waals surface area contributed by atoms with Crippen LogP contribution >= 0.6 is 0 Å². The molecular weight excluding hydrogens is 368 g/mol. The van der Waals surface area contributed by atoms with Crippen LogP contribution in [0.5, 0.6) is 5.75 Å². The summed E-state index contributed by atoms with van der Waals surface area (Å²) in [6.07, 6.45) is 0. The normalized spacial score (nSPS) is 15.5. The van der Waals surface area contributed by atoms with Crippen molar-refractivity contribution in [3.63, 3.8) is 0 Å². The van der Waals surface area contributed by atoms with Gasteiger partial charge in [0.2, 0.25) is 0 Å². The first kappa shape index (κ1) is 20.4. The van der Waals surface area contributed by atoms with Crippen LogP contribution in [-0.2, 0) is 0 Å². The van der Waals surface area contributed by atoms with Gasteiger partial charge in [0, 0.05) is 32.7 Å². The van der Waals surface area contributed by atoms with Gasteiger partial charge in [0.25, 0.3) is 0 Å². The number of hydrogen-bond donors (Lipinski definition) is 1. The Balaban J connectivity index is 1.53. The number of benzene rings is 3. The molecule has 1 saturated heterocycles. The van der Waals surface area contributed by atoms with E-state index in [1.165, 1.54) is 27.8 Å². The number of nitrogens with one attached hydrogen (secondary N) is 1. The monoisotopic (exact) mass is 398 g/mol. The van der Waals surface area contributed by atoms with Crippen LogP contribution in [0.4, 0.5) is 0 Å². The van der Waals surface area contributed by atoms with Gasteiger partial charge in [0.15, 0.2) is 0 Å². The number of piperazine rings is 1. The van der Waals surface area contributed by atoms with Gasteiger partial charge < -0.3 is 10.1 Å². The maximum atomic E-state index is 6.02. The fourth-order valence-electron chi connectivity index (χ4n) is 3.98. The zero-order chi connectivity index (χ0) is 20.6. The predicted octanol–water partition coefficient (Wildman–Crippen LogP) is 4.95. The van der Waals surface area contributed by atoms with Gasteiger partial charge >= 0.3 is 0 Å². The summed E-state index contributed by atoms with van der Waals surface area (Å²) in [5.74, 6) is 0.929. The average Bonchev–Trinajstić information content (AvgIpc) is 2.82. The van der Waals surface area contributed by atoms with Crippen molar-refractivity contribution in [2.45, 2.75) is 6.92 Å². The van der Waals surface area contributed by atoms with Crippen LogP contribution in [0.3, 0.4) is 0 Å². The Morgan fingerprint density at radius 3 is 1.97 bits per heavy atom. The smallest absolute Gasteiger partial charge is 0.119 e. The van der Waals surface area contributed by atoms with Gasteiger partial charge in [-0.1, -0.05) is 72.8 Å². The molecule has 0 atom stereocenters. The Labute approximate surface area is 180 Å². The summed E-state index contributed by atoms with van der Waals surface area (Å²) in [5, 5.41) is 3.39. The van der Waals surface area contributed by atoms with Gasteiger partial charge in [-0.3, -0.25) is 4.90 Å². The SMILES string of the molecule is C/C(=C(\c1ccccc1)c1ccc(OCCN2CCNCC2)cc1)c1ccccc1. The lowest BCUT2D eigenvalue weighted by molar-refractivity contribution is 0.191. The molecule has 1 fully saturated rings. The molecule has 3 aromatic rings. The minimum atomic E-state index is 0.726. The summed E-state index contributed by atoms with van der Waals surface area (Å²) in [6.45, 7) is 8.26. The summed E-state index contributed by atoms with van der Waals surface area (Å²) in [4.78, 5) is 2.45. The molecule has 1 aliphatic heterocycles. The van der Waals surface area contributed by atoms with Crippen molar-refractivity contribution in [3.8, 4) is 5.75 Å². The van der Waals surface area contributed by atoms with Gasteiger partial charge in [-0.05, 0) is 46.9 Å². The summed E-state index contributed by atoms with van der Waals surface area (Å²) < 4.78 is 6.02. The fraction of sp³-hybridized carbons (Fsp3) is 0.259. The van der Waals surface area contributed by atoms with Crippen molar-refractivity contribution < 1.29 is 4.74 Å². The highest BCUT2D eigenvalue weighted by Crippen LogP contribution is 2.32. The van der Waals surface area contributed by atoms with Gasteiger partial charge in [-0.15, -0.1) is 0 Å². The molecule has 1 heterocycles. The lowest BCUT2D eigenvalue weighted by atomic mass is 9.90. The topological polar surface area (TPSA) is 24.5 Å². The lowest BCUT2D eigenvalue weighted by Crippen LogP contribution is -2.44. The van der Waals surface area contributed by atoms with Gasteiger partial charge in [0.05, 0.1) is 0 Å². The summed E-state index contributed by atoms with van der Waals surface area (Å²) >= 11 is 0. The van der Waals surface area contributed by atoms with Crippen molar-refractivity contribution in [2.75, 3.05) is 39.3 Å². The highest BCUT2D eigenvalue weighted by molar-refractivity contribution is 5.97. The maximum Gasteiger partial charge on any atom is 0.119 e. The predicted molar refractivity (Wildman–Crippen MR) is 126 cm³/mol. The zero-order valence-electron chi connectivity index (χ0n) is 17.7.